The first-order valence-electron chi connectivity index (χ1n) is 5.64. The van der Waals surface area contributed by atoms with E-state index in [1.807, 2.05) is 13.8 Å². The SMILES string of the molecule is CCN(CCCCCN)CC(C)(C)O. The molecule has 3 heteroatoms. The Bertz CT molecular complexity index is 132. The lowest BCUT2D eigenvalue weighted by Gasteiger charge is -2.27. The van der Waals surface area contributed by atoms with Crippen molar-refractivity contribution in [3.8, 4) is 0 Å². The summed E-state index contributed by atoms with van der Waals surface area (Å²) in [5.41, 5.74) is 4.85. The Labute approximate surface area is 88.3 Å². The fourth-order valence-electron chi connectivity index (χ4n) is 1.55. The van der Waals surface area contributed by atoms with Crippen LogP contribution in [-0.4, -0.2) is 41.8 Å². The van der Waals surface area contributed by atoms with Crippen LogP contribution in [0.25, 0.3) is 0 Å². The van der Waals surface area contributed by atoms with Gasteiger partial charge in [0.25, 0.3) is 0 Å². The average Bonchev–Trinajstić information content (AvgIpc) is 2.08. The molecule has 0 rings (SSSR count). The minimum Gasteiger partial charge on any atom is -0.389 e. The van der Waals surface area contributed by atoms with Crippen molar-refractivity contribution in [2.24, 2.45) is 5.73 Å². The van der Waals surface area contributed by atoms with E-state index in [4.69, 9.17) is 5.73 Å². The fourth-order valence-corrected chi connectivity index (χ4v) is 1.55. The molecule has 0 aliphatic carbocycles. The lowest BCUT2D eigenvalue weighted by Crippen LogP contribution is -2.39. The topological polar surface area (TPSA) is 49.5 Å². The highest BCUT2D eigenvalue weighted by molar-refractivity contribution is 4.71. The van der Waals surface area contributed by atoms with Crippen LogP contribution >= 0.6 is 0 Å². The maximum Gasteiger partial charge on any atom is 0.0718 e. The van der Waals surface area contributed by atoms with Gasteiger partial charge in [0.05, 0.1) is 5.60 Å². The smallest absolute Gasteiger partial charge is 0.0718 e. The van der Waals surface area contributed by atoms with E-state index in [2.05, 4.69) is 11.8 Å². The molecule has 0 unspecified atom stereocenters. The second-order valence-electron chi connectivity index (χ2n) is 4.53. The molecule has 86 valence electrons. The second-order valence-corrected chi connectivity index (χ2v) is 4.53. The van der Waals surface area contributed by atoms with Gasteiger partial charge in [0, 0.05) is 6.54 Å². The molecule has 0 amide bonds. The van der Waals surface area contributed by atoms with Crippen molar-refractivity contribution in [3.05, 3.63) is 0 Å². The van der Waals surface area contributed by atoms with E-state index in [0.717, 1.165) is 32.6 Å². The normalized spacial score (nSPS) is 12.4. The summed E-state index contributed by atoms with van der Waals surface area (Å²) >= 11 is 0. The third-order valence-electron chi connectivity index (χ3n) is 2.24. The molecule has 3 N–H and O–H groups in total. The molecule has 3 nitrogen and oxygen atoms in total. The first kappa shape index (κ1) is 13.9. The number of hydrogen-bond donors (Lipinski definition) is 2. The maximum absolute atomic E-state index is 9.66. The first-order chi connectivity index (χ1) is 6.49. The summed E-state index contributed by atoms with van der Waals surface area (Å²) < 4.78 is 0. The molecule has 0 aromatic rings. The molecule has 14 heavy (non-hydrogen) atoms. The summed E-state index contributed by atoms with van der Waals surface area (Å²) in [4.78, 5) is 2.29. The van der Waals surface area contributed by atoms with Crippen molar-refractivity contribution >= 4 is 0 Å². The zero-order chi connectivity index (χ0) is 11.0. The predicted octanol–water partition coefficient (Wildman–Crippen LogP) is 1.21. The van der Waals surface area contributed by atoms with Crippen LogP contribution in [0.2, 0.25) is 0 Å². The molecule has 0 bridgehead atoms. The standard InChI is InChI=1S/C11H26N2O/c1-4-13(10-11(2,3)14)9-7-5-6-8-12/h14H,4-10,12H2,1-3H3. The summed E-state index contributed by atoms with van der Waals surface area (Å²) in [7, 11) is 0. The highest BCUT2D eigenvalue weighted by Gasteiger charge is 2.16. The summed E-state index contributed by atoms with van der Waals surface area (Å²) in [5, 5.41) is 9.66. The van der Waals surface area contributed by atoms with Crippen LogP contribution in [0.1, 0.15) is 40.0 Å². The molecule has 0 atom stereocenters. The van der Waals surface area contributed by atoms with E-state index in [1.165, 1.54) is 12.8 Å². The summed E-state index contributed by atoms with van der Waals surface area (Å²) in [6.07, 6.45) is 3.49. The van der Waals surface area contributed by atoms with Gasteiger partial charge in [0.15, 0.2) is 0 Å². The number of nitrogens with zero attached hydrogens (tertiary/aromatic N) is 1. The van der Waals surface area contributed by atoms with Crippen LogP contribution in [-0.2, 0) is 0 Å². The van der Waals surface area contributed by atoms with E-state index >= 15 is 0 Å². The van der Waals surface area contributed by atoms with Gasteiger partial charge in [-0.25, -0.2) is 0 Å². The number of hydrogen-bond acceptors (Lipinski definition) is 3. The van der Waals surface area contributed by atoms with E-state index in [9.17, 15) is 5.11 Å². The van der Waals surface area contributed by atoms with Crippen LogP contribution in [0.15, 0.2) is 0 Å². The van der Waals surface area contributed by atoms with Gasteiger partial charge in [-0.3, -0.25) is 0 Å². The maximum atomic E-state index is 9.66. The van der Waals surface area contributed by atoms with Gasteiger partial charge < -0.3 is 15.7 Å². The molecule has 0 saturated carbocycles. The summed E-state index contributed by atoms with van der Waals surface area (Å²) in [6.45, 7) is 9.47. The van der Waals surface area contributed by atoms with Gasteiger partial charge in [-0.15, -0.1) is 0 Å². The molecule has 0 aromatic heterocycles. The van der Waals surface area contributed by atoms with Crippen LogP contribution in [0, 0.1) is 0 Å². The van der Waals surface area contributed by atoms with E-state index in [1.54, 1.807) is 0 Å². The molecular formula is C11H26N2O. The van der Waals surface area contributed by atoms with Crippen molar-refractivity contribution in [2.75, 3.05) is 26.2 Å². The van der Waals surface area contributed by atoms with Crippen molar-refractivity contribution in [3.63, 3.8) is 0 Å². The van der Waals surface area contributed by atoms with Gasteiger partial charge in [-0.2, -0.15) is 0 Å². The van der Waals surface area contributed by atoms with Crippen molar-refractivity contribution < 1.29 is 5.11 Å². The van der Waals surface area contributed by atoms with Crippen molar-refractivity contribution in [1.82, 2.24) is 4.90 Å². The van der Waals surface area contributed by atoms with Crippen LogP contribution < -0.4 is 5.73 Å². The van der Waals surface area contributed by atoms with Gasteiger partial charge in [-0.05, 0) is 46.3 Å². The zero-order valence-corrected chi connectivity index (χ0v) is 9.92. The lowest BCUT2D eigenvalue weighted by molar-refractivity contribution is 0.0374. The number of likely N-dealkylation sites (N-methyl/N-ethyl adjacent to an activating group) is 1. The molecule has 0 saturated heterocycles. The largest absolute Gasteiger partial charge is 0.389 e. The summed E-state index contributed by atoms with van der Waals surface area (Å²) in [5.74, 6) is 0. The van der Waals surface area contributed by atoms with Gasteiger partial charge in [-0.1, -0.05) is 13.3 Å². The van der Waals surface area contributed by atoms with Gasteiger partial charge >= 0.3 is 0 Å². The molecular weight excluding hydrogens is 176 g/mol. The van der Waals surface area contributed by atoms with E-state index in [0.29, 0.717) is 0 Å². The average molecular weight is 202 g/mol. The van der Waals surface area contributed by atoms with Gasteiger partial charge in [0.1, 0.15) is 0 Å². The number of nitrogens with two attached hydrogens (primary N) is 1. The third-order valence-corrected chi connectivity index (χ3v) is 2.24. The Kier molecular flexibility index (Phi) is 7.15. The monoisotopic (exact) mass is 202 g/mol. The Morgan fingerprint density at radius 3 is 2.29 bits per heavy atom. The molecule has 0 spiro atoms. The fraction of sp³-hybridized carbons (Fsp3) is 1.00. The number of aliphatic hydroxyl groups is 1. The van der Waals surface area contributed by atoms with E-state index < -0.39 is 5.60 Å². The molecule has 0 fully saturated rings. The minimum absolute atomic E-state index is 0.579. The highest BCUT2D eigenvalue weighted by Crippen LogP contribution is 2.06. The van der Waals surface area contributed by atoms with Crippen LogP contribution in [0.3, 0.4) is 0 Å². The first-order valence-corrected chi connectivity index (χ1v) is 5.64. The second kappa shape index (κ2) is 7.21. The Balaban J connectivity index is 3.58. The van der Waals surface area contributed by atoms with Crippen molar-refractivity contribution in [2.45, 2.75) is 45.6 Å². The Hall–Kier alpha value is -0.120. The van der Waals surface area contributed by atoms with Crippen LogP contribution in [0.4, 0.5) is 0 Å². The third kappa shape index (κ3) is 8.48. The summed E-state index contributed by atoms with van der Waals surface area (Å²) in [6, 6.07) is 0. The lowest BCUT2D eigenvalue weighted by atomic mass is 10.1. The van der Waals surface area contributed by atoms with E-state index in [-0.39, 0.29) is 0 Å². The Morgan fingerprint density at radius 1 is 1.21 bits per heavy atom. The van der Waals surface area contributed by atoms with Crippen LogP contribution in [0.5, 0.6) is 0 Å². The molecule has 0 aliphatic heterocycles. The zero-order valence-electron chi connectivity index (χ0n) is 9.92. The Morgan fingerprint density at radius 2 is 1.86 bits per heavy atom. The molecule has 0 aromatic carbocycles. The highest BCUT2D eigenvalue weighted by atomic mass is 16.3. The molecule has 0 aliphatic rings. The van der Waals surface area contributed by atoms with Gasteiger partial charge in [0.2, 0.25) is 0 Å². The number of unbranched alkanes of at least 4 members (excludes halogenated alkanes) is 2. The number of rotatable bonds is 8. The predicted molar refractivity (Wildman–Crippen MR) is 61.3 cm³/mol. The van der Waals surface area contributed by atoms with Crippen molar-refractivity contribution in [1.29, 1.82) is 0 Å². The molecule has 0 heterocycles. The molecule has 0 radical (unpaired) electrons. The minimum atomic E-state index is -0.579. The quantitative estimate of drug-likeness (QED) is 0.582.